The Hall–Kier alpha value is -0.250. The second kappa shape index (κ2) is 6.46. The first kappa shape index (κ1) is 10.8. The summed E-state index contributed by atoms with van der Waals surface area (Å²) >= 11 is 12.7. The van der Waals surface area contributed by atoms with E-state index in [1.54, 1.807) is 0 Å². The summed E-state index contributed by atoms with van der Waals surface area (Å²) in [5.41, 5.74) is 0. The molecular weight excluding hydrogens is 200 g/mol. The molecule has 0 radical (unpaired) electrons. The van der Waals surface area contributed by atoms with E-state index in [1.807, 2.05) is 30.3 Å². The first-order valence-corrected chi connectivity index (χ1v) is 3.98. The molecule has 4 heteroatoms. The zero-order valence-corrected chi connectivity index (χ0v) is 8.03. The van der Waals surface area contributed by atoms with Crippen LogP contribution in [0.1, 0.15) is 0 Å². The van der Waals surface area contributed by atoms with Crippen LogP contribution in [0.25, 0.3) is 0 Å². The van der Waals surface area contributed by atoms with Gasteiger partial charge in [-0.2, -0.15) is 0 Å². The smallest absolute Gasteiger partial charge is 0.214 e. The van der Waals surface area contributed by atoms with E-state index in [4.69, 9.17) is 16.7 Å². The zero-order valence-electron chi connectivity index (χ0n) is 5.57. The number of thiol groups is 1. The average molecular weight is 207 g/mol. The van der Waals surface area contributed by atoms with Crippen LogP contribution in [-0.4, -0.2) is 9.49 Å². The van der Waals surface area contributed by atoms with Crippen LogP contribution in [0, 0.1) is 0 Å². The molecule has 0 unspecified atom stereocenters. The molecule has 0 aliphatic rings. The number of thiocarbonyl (C=S) groups is 1. The number of halogens is 1. The van der Waals surface area contributed by atoms with Crippen molar-refractivity contribution in [1.29, 1.82) is 0 Å². The number of aliphatic hydroxyl groups is 1. The van der Waals surface area contributed by atoms with Gasteiger partial charge in [0.1, 0.15) is 0 Å². The fourth-order valence-corrected chi connectivity index (χ4v) is 0.560. The first-order chi connectivity index (χ1) is 5.13. The topological polar surface area (TPSA) is 20.2 Å². The normalized spacial score (nSPS) is 7.82. The van der Waals surface area contributed by atoms with E-state index in [2.05, 4.69) is 24.8 Å². The largest absolute Gasteiger partial charge is 0.494 e. The molecule has 0 fully saturated rings. The lowest BCUT2D eigenvalue weighted by molar-refractivity contribution is 0.586. The molecule has 0 bridgehead atoms. The zero-order chi connectivity index (χ0) is 8.69. The van der Waals surface area contributed by atoms with Crippen LogP contribution in [0.4, 0.5) is 0 Å². The van der Waals surface area contributed by atoms with Gasteiger partial charge in [0.15, 0.2) is 0 Å². The quantitative estimate of drug-likeness (QED) is 0.503. The maximum absolute atomic E-state index is 7.65. The van der Waals surface area contributed by atoms with Crippen molar-refractivity contribution in [2.45, 2.75) is 0 Å². The van der Waals surface area contributed by atoms with Crippen molar-refractivity contribution in [2.75, 3.05) is 0 Å². The van der Waals surface area contributed by atoms with Gasteiger partial charge in [0, 0.05) is 5.02 Å². The summed E-state index contributed by atoms with van der Waals surface area (Å²) in [6.45, 7) is 0. The maximum Gasteiger partial charge on any atom is 0.214 e. The van der Waals surface area contributed by atoms with Gasteiger partial charge in [0.2, 0.25) is 4.38 Å². The predicted octanol–water partition coefficient (Wildman–Crippen LogP) is 3.10. The van der Waals surface area contributed by atoms with Gasteiger partial charge in [0.25, 0.3) is 0 Å². The Morgan fingerprint density at radius 3 is 1.91 bits per heavy atom. The Kier molecular flexibility index (Phi) is 6.31. The molecule has 0 aliphatic heterocycles. The number of aliphatic hydroxyl groups excluding tert-OH is 1. The minimum absolute atomic E-state index is 0.306. The molecular formula is C7H7ClOS2. The Morgan fingerprint density at radius 2 is 1.73 bits per heavy atom. The lowest BCUT2D eigenvalue weighted by atomic mass is 10.4. The van der Waals surface area contributed by atoms with E-state index in [0.29, 0.717) is 0 Å². The molecule has 1 nitrogen and oxygen atoms in total. The molecule has 0 saturated carbocycles. The molecule has 0 aliphatic carbocycles. The second-order valence-electron chi connectivity index (χ2n) is 1.58. The number of hydrogen-bond acceptors (Lipinski definition) is 1. The fraction of sp³-hybridized carbons (Fsp3) is 0. The lowest BCUT2D eigenvalue weighted by Gasteiger charge is -1.80. The van der Waals surface area contributed by atoms with Crippen LogP contribution in [0.3, 0.4) is 0 Å². The van der Waals surface area contributed by atoms with Gasteiger partial charge >= 0.3 is 0 Å². The number of benzene rings is 1. The third-order valence-corrected chi connectivity index (χ3v) is 0.985. The van der Waals surface area contributed by atoms with Crippen LogP contribution in [0.5, 0.6) is 0 Å². The maximum atomic E-state index is 7.65. The molecule has 0 atom stereocenters. The number of rotatable bonds is 0. The molecule has 1 aromatic carbocycles. The first-order valence-electron chi connectivity index (χ1n) is 2.75. The van der Waals surface area contributed by atoms with Gasteiger partial charge in [-0.25, -0.2) is 0 Å². The van der Waals surface area contributed by atoms with Crippen LogP contribution in [-0.2, 0) is 0 Å². The van der Waals surface area contributed by atoms with Gasteiger partial charge in [0.05, 0.1) is 0 Å². The molecule has 1 aromatic rings. The average Bonchev–Trinajstić information content (AvgIpc) is 1.87. The van der Waals surface area contributed by atoms with Crippen molar-refractivity contribution < 1.29 is 5.11 Å². The molecule has 0 heterocycles. The van der Waals surface area contributed by atoms with Gasteiger partial charge in [-0.05, 0) is 24.4 Å². The van der Waals surface area contributed by atoms with E-state index >= 15 is 0 Å². The summed E-state index contributed by atoms with van der Waals surface area (Å²) in [7, 11) is 0. The third-order valence-electron chi connectivity index (χ3n) is 0.733. The van der Waals surface area contributed by atoms with E-state index < -0.39 is 0 Å². The predicted molar refractivity (Wildman–Crippen MR) is 55.7 cm³/mol. The summed E-state index contributed by atoms with van der Waals surface area (Å²) in [5, 5.41) is 8.45. The van der Waals surface area contributed by atoms with Gasteiger partial charge in [-0.1, -0.05) is 42.4 Å². The number of hydrogen-bond donors (Lipinski definition) is 2. The van der Waals surface area contributed by atoms with Crippen molar-refractivity contribution in [2.24, 2.45) is 0 Å². The molecule has 11 heavy (non-hydrogen) atoms. The molecule has 1 N–H and O–H groups in total. The van der Waals surface area contributed by atoms with Crippen molar-refractivity contribution in [3.05, 3.63) is 35.4 Å². The summed E-state index contributed by atoms with van der Waals surface area (Å²) in [5.74, 6) is 0. The molecule has 0 amide bonds. The van der Waals surface area contributed by atoms with E-state index in [0.717, 1.165) is 5.02 Å². The highest BCUT2D eigenvalue weighted by Crippen LogP contribution is 2.03. The monoisotopic (exact) mass is 206 g/mol. The summed E-state index contributed by atoms with van der Waals surface area (Å²) < 4.78 is -0.306. The highest BCUT2D eigenvalue weighted by Gasteiger charge is 1.74. The summed E-state index contributed by atoms with van der Waals surface area (Å²) in [6.07, 6.45) is 0. The Labute approximate surface area is 81.4 Å². The van der Waals surface area contributed by atoms with Crippen LogP contribution < -0.4 is 0 Å². The van der Waals surface area contributed by atoms with Gasteiger partial charge in [-0.3, -0.25) is 0 Å². The molecule has 0 spiro atoms. The molecule has 1 rings (SSSR count). The standard InChI is InChI=1S/C6H5Cl.CH2OS2/c7-6-4-2-1-3-5-6;2-1(3)4/h1-5H;(H2,2,3,4). The van der Waals surface area contributed by atoms with Crippen LogP contribution in [0.15, 0.2) is 30.3 Å². The molecule has 0 aromatic heterocycles. The van der Waals surface area contributed by atoms with Crippen molar-refractivity contribution in [1.82, 2.24) is 0 Å². The van der Waals surface area contributed by atoms with Crippen molar-refractivity contribution in [3.63, 3.8) is 0 Å². The van der Waals surface area contributed by atoms with Crippen LogP contribution >= 0.6 is 36.4 Å². The summed E-state index contributed by atoms with van der Waals surface area (Å²) in [6, 6.07) is 9.44. The highest BCUT2D eigenvalue weighted by molar-refractivity contribution is 8.10. The Morgan fingerprint density at radius 1 is 1.36 bits per heavy atom. The Balaban J connectivity index is 0.000000218. The van der Waals surface area contributed by atoms with Gasteiger partial charge < -0.3 is 5.11 Å². The minimum atomic E-state index is -0.306. The highest BCUT2D eigenvalue weighted by atomic mass is 35.5. The second-order valence-corrected chi connectivity index (χ2v) is 3.13. The molecule has 0 saturated heterocycles. The summed E-state index contributed by atoms with van der Waals surface area (Å²) in [4.78, 5) is 0. The van der Waals surface area contributed by atoms with Crippen LogP contribution in [0.2, 0.25) is 5.02 Å². The van der Waals surface area contributed by atoms with Crippen molar-refractivity contribution in [3.8, 4) is 0 Å². The Bertz CT molecular complexity index is 209. The lowest BCUT2D eigenvalue weighted by Crippen LogP contribution is -1.66. The SMILES string of the molecule is Clc1ccccc1.OC(=S)S. The third kappa shape index (κ3) is 9.75. The van der Waals surface area contributed by atoms with E-state index in [-0.39, 0.29) is 4.38 Å². The fourth-order valence-electron chi connectivity index (χ4n) is 0.415. The van der Waals surface area contributed by atoms with E-state index in [1.165, 1.54) is 0 Å². The van der Waals surface area contributed by atoms with Crippen molar-refractivity contribution >= 4 is 40.8 Å². The molecule has 60 valence electrons. The van der Waals surface area contributed by atoms with Gasteiger partial charge in [-0.15, -0.1) is 0 Å². The van der Waals surface area contributed by atoms with E-state index in [9.17, 15) is 0 Å². The minimum Gasteiger partial charge on any atom is -0.494 e.